The Hall–Kier alpha value is -1.13. The molecule has 0 bridgehead atoms. The molecule has 0 spiro atoms. The van der Waals surface area contributed by atoms with Crippen molar-refractivity contribution in [1.82, 2.24) is 15.1 Å². The van der Waals surface area contributed by atoms with E-state index in [1.807, 2.05) is 36.1 Å². The van der Waals surface area contributed by atoms with Gasteiger partial charge >= 0.3 is 0 Å². The third-order valence-electron chi connectivity index (χ3n) is 2.36. The summed E-state index contributed by atoms with van der Waals surface area (Å²) in [4.78, 5) is 0. The molecule has 1 aromatic heterocycles. The van der Waals surface area contributed by atoms with Gasteiger partial charge in [0.1, 0.15) is 0 Å². The number of nitrogens with zero attached hydrogens (tertiary/aromatic N) is 2. The first-order valence-electron chi connectivity index (χ1n) is 5.19. The molecule has 0 saturated carbocycles. The molecule has 0 aliphatic rings. The minimum absolute atomic E-state index is 0.797. The number of benzene rings is 1. The summed E-state index contributed by atoms with van der Waals surface area (Å²) in [6.07, 6.45) is 3.96. The Morgan fingerprint density at radius 2 is 2.19 bits per heavy atom. The van der Waals surface area contributed by atoms with Crippen LogP contribution < -0.4 is 5.32 Å². The van der Waals surface area contributed by atoms with Crippen molar-refractivity contribution < 1.29 is 0 Å². The molecular formula is C12H14BrN3. The average Bonchev–Trinajstić information content (AvgIpc) is 2.70. The largest absolute Gasteiger partial charge is 0.316 e. The van der Waals surface area contributed by atoms with Gasteiger partial charge in [-0.1, -0.05) is 34.1 Å². The van der Waals surface area contributed by atoms with Crippen LogP contribution in [0.15, 0.2) is 41.1 Å². The standard InChI is InChI=1S/C12H14BrN3/c1-14-6-10-7-15-16(8-10)9-11-4-2-3-5-12(11)13/h2-5,7-8,14H,6,9H2,1H3. The summed E-state index contributed by atoms with van der Waals surface area (Å²) in [5.41, 5.74) is 2.44. The van der Waals surface area contributed by atoms with Gasteiger partial charge in [0, 0.05) is 22.8 Å². The third-order valence-corrected chi connectivity index (χ3v) is 3.13. The fraction of sp³-hybridized carbons (Fsp3) is 0.250. The molecule has 0 atom stereocenters. The van der Waals surface area contributed by atoms with E-state index < -0.39 is 0 Å². The maximum absolute atomic E-state index is 4.33. The molecule has 4 heteroatoms. The molecule has 0 amide bonds. The van der Waals surface area contributed by atoms with Gasteiger partial charge in [0.15, 0.2) is 0 Å². The Labute approximate surface area is 104 Å². The first-order chi connectivity index (χ1) is 7.79. The third kappa shape index (κ3) is 2.71. The molecule has 0 aliphatic carbocycles. The molecule has 84 valence electrons. The van der Waals surface area contributed by atoms with Gasteiger partial charge in [-0.05, 0) is 18.7 Å². The van der Waals surface area contributed by atoms with E-state index in [0.717, 1.165) is 17.6 Å². The summed E-state index contributed by atoms with van der Waals surface area (Å²) in [5.74, 6) is 0. The van der Waals surface area contributed by atoms with Crippen LogP contribution >= 0.6 is 15.9 Å². The van der Waals surface area contributed by atoms with E-state index >= 15 is 0 Å². The van der Waals surface area contributed by atoms with E-state index in [1.165, 1.54) is 11.1 Å². The molecule has 0 radical (unpaired) electrons. The molecule has 16 heavy (non-hydrogen) atoms. The van der Waals surface area contributed by atoms with E-state index in [1.54, 1.807) is 0 Å². The van der Waals surface area contributed by atoms with Crippen LogP contribution in [0.25, 0.3) is 0 Å². The van der Waals surface area contributed by atoms with Crippen molar-refractivity contribution in [2.45, 2.75) is 13.1 Å². The first-order valence-corrected chi connectivity index (χ1v) is 5.98. The van der Waals surface area contributed by atoms with Crippen molar-refractivity contribution in [3.63, 3.8) is 0 Å². The molecule has 2 aromatic rings. The Morgan fingerprint density at radius 1 is 1.38 bits per heavy atom. The lowest BCUT2D eigenvalue weighted by Crippen LogP contribution is -2.04. The monoisotopic (exact) mass is 279 g/mol. The summed E-state index contributed by atoms with van der Waals surface area (Å²) in [6.45, 7) is 1.65. The highest BCUT2D eigenvalue weighted by Gasteiger charge is 2.01. The summed E-state index contributed by atoms with van der Waals surface area (Å²) in [7, 11) is 1.94. The lowest BCUT2D eigenvalue weighted by atomic mass is 10.2. The second-order valence-corrected chi connectivity index (χ2v) is 4.52. The highest BCUT2D eigenvalue weighted by atomic mass is 79.9. The zero-order valence-corrected chi connectivity index (χ0v) is 10.7. The molecule has 1 aromatic carbocycles. The average molecular weight is 280 g/mol. The van der Waals surface area contributed by atoms with E-state index in [9.17, 15) is 0 Å². The van der Waals surface area contributed by atoms with Gasteiger partial charge in [-0.2, -0.15) is 5.10 Å². The van der Waals surface area contributed by atoms with Crippen molar-refractivity contribution in [3.8, 4) is 0 Å². The van der Waals surface area contributed by atoms with Crippen LogP contribution in [-0.2, 0) is 13.1 Å². The zero-order chi connectivity index (χ0) is 11.4. The molecule has 0 aliphatic heterocycles. The fourth-order valence-electron chi connectivity index (χ4n) is 1.59. The Bertz CT molecular complexity index is 465. The fourth-order valence-corrected chi connectivity index (χ4v) is 2.00. The maximum Gasteiger partial charge on any atom is 0.0670 e. The highest BCUT2D eigenvalue weighted by Crippen LogP contribution is 2.16. The Balaban J connectivity index is 2.11. The van der Waals surface area contributed by atoms with Crippen LogP contribution in [-0.4, -0.2) is 16.8 Å². The number of halogens is 1. The predicted molar refractivity (Wildman–Crippen MR) is 68.2 cm³/mol. The Kier molecular flexibility index (Phi) is 3.74. The van der Waals surface area contributed by atoms with Crippen molar-refractivity contribution in [2.75, 3.05) is 7.05 Å². The van der Waals surface area contributed by atoms with Gasteiger partial charge in [-0.15, -0.1) is 0 Å². The van der Waals surface area contributed by atoms with Crippen LogP contribution in [0, 0.1) is 0 Å². The topological polar surface area (TPSA) is 29.9 Å². The molecule has 0 unspecified atom stereocenters. The van der Waals surface area contributed by atoms with Crippen LogP contribution in [0.5, 0.6) is 0 Å². The van der Waals surface area contributed by atoms with Crippen molar-refractivity contribution >= 4 is 15.9 Å². The minimum atomic E-state index is 0.797. The van der Waals surface area contributed by atoms with E-state index in [2.05, 4.69) is 38.6 Å². The van der Waals surface area contributed by atoms with E-state index in [4.69, 9.17) is 0 Å². The van der Waals surface area contributed by atoms with Crippen molar-refractivity contribution in [3.05, 3.63) is 52.3 Å². The molecular weight excluding hydrogens is 266 g/mol. The van der Waals surface area contributed by atoms with Crippen molar-refractivity contribution in [2.24, 2.45) is 0 Å². The summed E-state index contributed by atoms with van der Waals surface area (Å²) in [5, 5.41) is 7.44. The lowest BCUT2D eigenvalue weighted by Gasteiger charge is -2.03. The van der Waals surface area contributed by atoms with Gasteiger partial charge in [0.25, 0.3) is 0 Å². The quantitative estimate of drug-likeness (QED) is 0.932. The number of hydrogen-bond acceptors (Lipinski definition) is 2. The van der Waals surface area contributed by atoms with Gasteiger partial charge in [-0.25, -0.2) is 0 Å². The second kappa shape index (κ2) is 5.27. The second-order valence-electron chi connectivity index (χ2n) is 3.67. The smallest absolute Gasteiger partial charge is 0.0670 e. The molecule has 1 N–H and O–H groups in total. The summed E-state index contributed by atoms with van der Waals surface area (Å²) in [6, 6.07) is 8.21. The summed E-state index contributed by atoms with van der Waals surface area (Å²) >= 11 is 3.54. The normalized spacial score (nSPS) is 10.6. The Morgan fingerprint density at radius 3 is 2.94 bits per heavy atom. The van der Waals surface area contributed by atoms with E-state index in [0.29, 0.717) is 0 Å². The molecule has 1 heterocycles. The van der Waals surface area contributed by atoms with Gasteiger partial charge in [-0.3, -0.25) is 4.68 Å². The van der Waals surface area contributed by atoms with Crippen LogP contribution in [0.1, 0.15) is 11.1 Å². The lowest BCUT2D eigenvalue weighted by molar-refractivity contribution is 0.683. The molecule has 3 nitrogen and oxygen atoms in total. The highest BCUT2D eigenvalue weighted by molar-refractivity contribution is 9.10. The number of hydrogen-bond donors (Lipinski definition) is 1. The SMILES string of the molecule is CNCc1cnn(Cc2ccccc2Br)c1. The predicted octanol–water partition coefficient (Wildman–Crippen LogP) is 2.41. The maximum atomic E-state index is 4.33. The number of aromatic nitrogens is 2. The van der Waals surface area contributed by atoms with Gasteiger partial charge in [0.2, 0.25) is 0 Å². The molecule has 0 saturated heterocycles. The van der Waals surface area contributed by atoms with Gasteiger partial charge in [0.05, 0.1) is 12.7 Å². The molecule has 2 rings (SSSR count). The zero-order valence-electron chi connectivity index (χ0n) is 9.15. The minimum Gasteiger partial charge on any atom is -0.316 e. The van der Waals surface area contributed by atoms with Gasteiger partial charge < -0.3 is 5.32 Å². The summed E-state index contributed by atoms with van der Waals surface area (Å²) < 4.78 is 3.08. The number of rotatable bonds is 4. The molecule has 0 fully saturated rings. The van der Waals surface area contributed by atoms with E-state index in [-0.39, 0.29) is 0 Å². The number of nitrogens with one attached hydrogen (secondary N) is 1. The van der Waals surface area contributed by atoms with Crippen LogP contribution in [0.4, 0.5) is 0 Å². The first kappa shape index (κ1) is 11.4. The van der Waals surface area contributed by atoms with Crippen LogP contribution in [0.2, 0.25) is 0 Å². The van der Waals surface area contributed by atoms with Crippen molar-refractivity contribution in [1.29, 1.82) is 0 Å². The van der Waals surface area contributed by atoms with Crippen LogP contribution in [0.3, 0.4) is 0 Å².